The van der Waals surface area contributed by atoms with Crippen LogP contribution in [0.25, 0.3) is 0 Å². The van der Waals surface area contributed by atoms with Gasteiger partial charge in [-0.2, -0.15) is 0 Å². The number of aromatic nitrogens is 1. The van der Waals surface area contributed by atoms with Gasteiger partial charge in [0.15, 0.2) is 0 Å². The molecule has 0 aliphatic rings. The molecule has 3 rings (SSSR count). The molecule has 3 aromatic rings. The van der Waals surface area contributed by atoms with Crippen molar-refractivity contribution in [2.75, 3.05) is 31.0 Å². The highest BCUT2D eigenvalue weighted by Crippen LogP contribution is 2.33. The Morgan fingerprint density at radius 1 is 1.03 bits per heavy atom. The Morgan fingerprint density at radius 3 is 2.33 bits per heavy atom. The highest BCUT2D eigenvalue weighted by atomic mass is 16.5. The van der Waals surface area contributed by atoms with Crippen LogP contribution in [-0.2, 0) is 4.79 Å². The zero-order valence-corrected chi connectivity index (χ0v) is 18.9. The van der Waals surface area contributed by atoms with Crippen molar-refractivity contribution in [1.82, 2.24) is 4.98 Å². The van der Waals surface area contributed by atoms with Gasteiger partial charge in [-0.15, -0.1) is 0 Å². The summed E-state index contributed by atoms with van der Waals surface area (Å²) in [6.07, 6.45) is 3.31. The molecule has 1 heterocycles. The van der Waals surface area contributed by atoms with Gasteiger partial charge in [0, 0.05) is 48.7 Å². The van der Waals surface area contributed by atoms with Gasteiger partial charge < -0.3 is 25.4 Å². The second kappa shape index (κ2) is 11.1. The normalized spacial score (nSPS) is 11.4. The first-order valence-corrected chi connectivity index (χ1v) is 10.6. The Morgan fingerprint density at radius 2 is 1.73 bits per heavy atom. The molecule has 172 valence electrons. The molecule has 0 aliphatic heterocycles. The zero-order valence-electron chi connectivity index (χ0n) is 18.9. The van der Waals surface area contributed by atoms with Crippen molar-refractivity contribution in [2.24, 2.45) is 5.73 Å². The summed E-state index contributed by atoms with van der Waals surface area (Å²) < 4.78 is 10.7. The Balaban J connectivity index is 1.69. The van der Waals surface area contributed by atoms with E-state index in [2.05, 4.69) is 10.3 Å². The average Bonchev–Trinajstić information content (AvgIpc) is 2.85. The molecule has 0 saturated carbocycles. The van der Waals surface area contributed by atoms with Crippen LogP contribution in [0.2, 0.25) is 0 Å². The van der Waals surface area contributed by atoms with E-state index in [-0.39, 0.29) is 18.2 Å². The van der Waals surface area contributed by atoms with Crippen LogP contribution in [0.15, 0.2) is 67.0 Å². The first-order valence-electron chi connectivity index (χ1n) is 10.6. The van der Waals surface area contributed by atoms with E-state index in [1.165, 1.54) is 0 Å². The number of rotatable bonds is 9. The number of pyridine rings is 1. The summed E-state index contributed by atoms with van der Waals surface area (Å²) >= 11 is 0. The highest BCUT2D eigenvalue weighted by Gasteiger charge is 2.22. The van der Waals surface area contributed by atoms with Crippen molar-refractivity contribution in [3.05, 3.63) is 78.1 Å². The van der Waals surface area contributed by atoms with Crippen LogP contribution in [0, 0.1) is 0 Å². The van der Waals surface area contributed by atoms with Crippen molar-refractivity contribution >= 4 is 23.2 Å². The van der Waals surface area contributed by atoms with E-state index in [1.54, 1.807) is 86.1 Å². The summed E-state index contributed by atoms with van der Waals surface area (Å²) in [6, 6.07) is 15.1. The third-order valence-electron chi connectivity index (χ3n) is 5.23. The molecular formula is C25H28N4O4. The lowest BCUT2D eigenvalue weighted by Crippen LogP contribution is -2.33. The number of hydrogen-bond donors (Lipinski definition) is 2. The van der Waals surface area contributed by atoms with E-state index >= 15 is 0 Å². The smallest absolute Gasteiger partial charge is 0.255 e. The molecule has 2 aromatic carbocycles. The molecule has 0 aliphatic carbocycles. The molecule has 0 radical (unpaired) electrons. The molecule has 1 unspecified atom stereocenters. The number of ether oxygens (including phenoxy) is 2. The number of methoxy groups -OCH3 is 2. The molecule has 33 heavy (non-hydrogen) atoms. The fraction of sp³-hybridized carbons (Fsp3) is 0.240. The SMILES string of the molecule is CCN(C(=O)CC(N)c1ccc(C(=O)Nc2ccncc2)cc1)c1cc(OC)ccc1OC. The minimum atomic E-state index is -0.527. The van der Waals surface area contributed by atoms with E-state index in [0.717, 1.165) is 5.56 Å². The number of nitrogens with one attached hydrogen (secondary N) is 1. The molecule has 1 aromatic heterocycles. The second-order valence-corrected chi connectivity index (χ2v) is 7.30. The zero-order chi connectivity index (χ0) is 23.8. The number of benzene rings is 2. The molecule has 2 amide bonds. The van der Waals surface area contributed by atoms with Crippen LogP contribution in [0.1, 0.15) is 35.3 Å². The average molecular weight is 449 g/mol. The molecule has 0 spiro atoms. The van der Waals surface area contributed by atoms with Gasteiger partial charge in [-0.05, 0) is 48.9 Å². The van der Waals surface area contributed by atoms with Gasteiger partial charge in [0.2, 0.25) is 5.91 Å². The topological polar surface area (TPSA) is 107 Å². The standard InChI is InChI=1S/C25H28N4O4/c1-4-29(22-15-20(32-2)9-10-23(22)33-3)24(30)16-21(26)17-5-7-18(8-6-17)25(31)28-19-11-13-27-14-12-19/h5-15,21H,4,16,26H2,1-3H3,(H,27,28,31). The van der Waals surface area contributed by atoms with E-state index in [4.69, 9.17) is 15.2 Å². The van der Waals surface area contributed by atoms with Crippen molar-refractivity contribution in [2.45, 2.75) is 19.4 Å². The lowest BCUT2D eigenvalue weighted by molar-refractivity contribution is -0.118. The molecule has 3 N–H and O–H groups in total. The maximum absolute atomic E-state index is 13.1. The fourth-order valence-corrected chi connectivity index (χ4v) is 3.43. The summed E-state index contributed by atoms with van der Waals surface area (Å²) in [6.45, 7) is 2.34. The molecule has 0 saturated heterocycles. The summed E-state index contributed by atoms with van der Waals surface area (Å²) in [5.74, 6) is 0.821. The van der Waals surface area contributed by atoms with Crippen LogP contribution in [0.4, 0.5) is 11.4 Å². The molecular weight excluding hydrogens is 420 g/mol. The second-order valence-electron chi connectivity index (χ2n) is 7.30. The van der Waals surface area contributed by atoms with Crippen molar-refractivity contribution in [3.63, 3.8) is 0 Å². The predicted octanol–water partition coefficient (Wildman–Crippen LogP) is 3.79. The molecule has 8 nitrogen and oxygen atoms in total. The molecule has 0 fully saturated rings. The maximum atomic E-state index is 13.1. The van der Waals surface area contributed by atoms with Crippen LogP contribution < -0.4 is 25.4 Å². The van der Waals surface area contributed by atoms with Gasteiger partial charge in [0.05, 0.1) is 19.9 Å². The van der Waals surface area contributed by atoms with Gasteiger partial charge in [-0.25, -0.2) is 0 Å². The number of carbonyl (C=O) groups is 2. The van der Waals surface area contributed by atoms with E-state index in [1.807, 2.05) is 6.92 Å². The largest absolute Gasteiger partial charge is 0.497 e. The third kappa shape index (κ3) is 5.87. The van der Waals surface area contributed by atoms with Gasteiger partial charge in [0.1, 0.15) is 11.5 Å². The predicted molar refractivity (Wildman–Crippen MR) is 128 cm³/mol. The number of anilines is 2. The first kappa shape index (κ1) is 23.7. The van der Waals surface area contributed by atoms with E-state index < -0.39 is 6.04 Å². The third-order valence-corrected chi connectivity index (χ3v) is 5.23. The maximum Gasteiger partial charge on any atom is 0.255 e. The van der Waals surface area contributed by atoms with Crippen LogP contribution >= 0.6 is 0 Å². The van der Waals surface area contributed by atoms with Crippen molar-refractivity contribution in [3.8, 4) is 11.5 Å². The Bertz CT molecular complexity index is 1090. The monoisotopic (exact) mass is 448 g/mol. The number of amides is 2. The fourth-order valence-electron chi connectivity index (χ4n) is 3.43. The lowest BCUT2D eigenvalue weighted by Gasteiger charge is -2.25. The van der Waals surface area contributed by atoms with Gasteiger partial charge >= 0.3 is 0 Å². The summed E-state index contributed by atoms with van der Waals surface area (Å²) in [5, 5.41) is 2.81. The van der Waals surface area contributed by atoms with Crippen molar-refractivity contribution in [1.29, 1.82) is 0 Å². The van der Waals surface area contributed by atoms with Crippen LogP contribution in [-0.4, -0.2) is 37.6 Å². The Kier molecular flexibility index (Phi) is 7.99. The van der Waals surface area contributed by atoms with Gasteiger partial charge in [-0.1, -0.05) is 12.1 Å². The minimum absolute atomic E-state index is 0.0940. The van der Waals surface area contributed by atoms with Gasteiger partial charge in [0.25, 0.3) is 5.91 Å². The van der Waals surface area contributed by atoms with E-state index in [9.17, 15) is 9.59 Å². The van der Waals surface area contributed by atoms with Crippen LogP contribution in [0.3, 0.4) is 0 Å². The molecule has 0 bridgehead atoms. The highest BCUT2D eigenvalue weighted by molar-refractivity contribution is 6.04. The number of nitrogens with two attached hydrogens (primary N) is 1. The summed E-state index contributed by atoms with van der Waals surface area (Å²) in [7, 11) is 3.13. The Hall–Kier alpha value is -3.91. The minimum Gasteiger partial charge on any atom is -0.497 e. The molecule has 8 heteroatoms. The summed E-state index contributed by atoms with van der Waals surface area (Å²) in [4.78, 5) is 31.1. The van der Waals surface area contributed by atoms with Gasteiger partial charge in [-0.3, -0.25) is 14.6 Å². The molecule has 1 atom stereocenters. The van der Waals surface area contributed by atoms with Crippen LogP contribution in [0.5, 0.6) is 11.5 Å². The Labute approximate surface area is 193 Å². The number of hydrogen-bond acceptors (Lipinski definition) is 6. The quantitative estimate of drug-likeness (QED) is 0.516. The number of nitrogens with zero attached hydrogens (tertiary/aromatic N) is 2. The first-order chi connectivity index (χ1) is 16.0. The van der Waals surface area contributed by atoms with E-state index in [0.29, 0.717) is 35.0 Å². The number of carbonyl (C=O) groups excluding carboxylic acids is 2. The van der Waals surface area contributed by atoms with Crippen molar-refractivity contribution < 1.29 is 19.1 Å². The summed E-state index contributed by atoms with van der Waals surface area (Å²) in [5.41, 5.74) is 8.87. The lowest BCUT2D eigenvalue weighted by atomic mass is 10.0.